The van der Waals surface area contributed by atoms with Crippen LogP contribution in [0.3, 0.4) is 0 Å². The summed E-state index contributed by atoms with van der Waals surface area (Å²) in [5.41, 5.74) is 0.948. The Balaban J connectivity index is 1.89. The Hall–Kier alpha value is -3.75. The number of amides is 1. The van der Waals surface area contributed by atoms with E-state index in [4.69, 9.17) is 23.6 Å². The third-order valence-electron chi connectivity index (χ3n) is 7.43. The van der Waals surface area contributed by atoms with Crippen LogP contribution in [-0.4, -0.2) is 70.6 Å². The van der Waals surface area contributed by atoms with Gasteiger partial charge in [0.2, 0.25) is 5.91 Å². The summed E-state index contributed by atoms with van der Waals surface area (Å²) < 4.78 is 39.8. The lowest BCUT2D eigenvalue weighted by molar-refractivity contribution is -0.165. The van der Waals surface area contributed by atoms with Crippen LogP contribution in [0.15, 0.2) is 30.6 Å². The highest BCUT2D eigenvalue weighted by atomic mass is 28.4. The highest BCUT2D eigenvalue weighted by Crippen LogP contribution is 2.41. The smallest absolute Gasteiger partial charge is 0.303 e. The SMILES string of the molecule is CC(=O)Nc1ncnc2c1nc(-c1ccc(F)cc1)n2[C@@H]1O[C@H](CO[Si](C)(C)C(C)(C)C)[C@@H](OC(C)=O)[C@H]1OC(C)=O. The quantitative estimate of drug-likeness (QED) is 0.292. The molecule has 0 bridgehead atoms. The molecule has 42 heavy (non-hydrogen) atoms. The molecule has 1 fully saturated rings. The fourth-order valence-corrected chi connectivity index (χ4v) is 5.43. The normalized spacial score (nSPS) is 20.9. The number of fused-ring (bicyclic) bond motifs is 1. The molecule has 0 radical (unpaired) electrons. The van der Waals surface area contributed by atoms with Crippen LogP contribution in [0.1, 0.15) is 47.8 Å². The van der Waals surface area contributed by atoms with Gasteiger partial charge >= 0.3 is 11.9 Å². The van der Waals surface area contributed by atoms with Gasteiger partial charge in [0.05, 0.1) is 6.61 Å². The van der Waals surface area contributed by atoms with Gasteiger partial charge in [-0.2, -0.15) is 0 Å². The van der Waals surface area contributed by atoms with Crippen molar-refractivity contribution in [3.63, 3.8) is 0 Å². The molecule has 1 amide bonds. The minimum Gasteiger partial charge on any atom is -0.456 e. The number of ether oxygens (including phenoxy) is 3. The van der Waals surface area contributed by atoms with Gasteiger partial charge in [-0.3, -0.25) is 19.0 Å². The Bertz CT molecular complexity index is 1490. The molecule has 4 atom stereocenters. The van der Waals surface area contributed by atoms with Crippen LogP contribution in [0.25, 0.3) is 22.6 Å². The molecule has 1 N–H and O–H groups in total. The molecule has 1 aliphatic heterocycles. The van der Waals surface area contributed by atoms with E-state index in [1.165, 1.54) is 51.4 Å². The molecule has 0 saturated carbocycles. The molecule has 1 aromatic carbocycles. The molecule has 1 aliphatic rings. The van der Waals surface area contributed by atoms with Gasteiger partial charge in [0.1, 0.15) is 24.1 Å². The first-order valence-electron chi connectivity index (χ1n) is 13.5. The number of aromatic nitrogens is 4. The second kappa shape index (κ2) is 11.9. The number of imidazole rings is 1. The fraction of sp³-hybridized carbons (Fsp3) is 0.500. The molecule has 4 rings (SSSR count). The number of carbonyl (C=O) groups excluding carboxylic acids is 3. The number of rotatable bonds is 8. The summed E-state index contributed by atoms with van der Waals surface area (Å²) in [4.78, 5) is 49.8. The second-order valence-electron chi connectivity index (χ2n) is 11.7. The van der Waals surface area contributed by atoms with Crippen LogP contribution in [0.2, 0.25) is 18.1 Å². The summed E-state index contributed by atoms with van der Waals surface area (Å²) in [6, 6.07) is 5.60. The summed E-state index contributed by atoms with van der Waals surface area (Å²) in [7, 11) is -2.26. The molecular weight excluding hydrogens is 565 g/mol. The number of esters is 2. The van der Waals surface area contributed by atoms with Crippen LogP contribution in [0, 0.1) is 5.82 Å². The molecule has 0 spiro atoms. The van der Waals surface area contributed by atoms with Crippen molar-refractivity contribution in [2.24, 2.45) is 0 Å². The van der Waals surface area contributed by atoms with Gasteiger partial charge in [-0.05, 0) is 42.4 Å². The Morgan fingerprint density at radius 2 is 1.64 bits per heavy atom. The van der Waals surface area contributed by atoms with Crippen LogP contribution in [0.5, 0.6) is 0 Å². The zero-order valence-corrected chi connectivity index (χ0v) is 25.9. The van der Waals surface area contributed by atoms with E-state index in [2.05, 4.69) is 49.1 Å². The summed E-state index contributed by atoms with van der Waals surface area (Å²) >= 11 is 0. The average molecular weight is 602 g/mol. The summed E-state index contributed by atoms with van der Waals surface area (Å²) in [5, 5.41) is 2.53. The molecule has 226 valence electrons. The van der Waals surface area contributed by atoms with Gasteiger partial charge in [-0.25, -0.2) is 19.3 Å². The van der Waals surface area contributed by atoms with Gasteiger partial charge < -0.3 is 24.0 Å². The van der Waals surface area contributed by atoms with E-state index in [1.807, 2.05) is 0 Å². The largest absolute Gasteiger partial charge is 0.456 e. The summed E-state index contributed by atoms with van der Waals surface area (Å²) in [6.07, 6.45) is -2.84. The van der Waals surface area contributed by atoms with E-state index in [0.717, 1.165) is 0 Å². The van der Waals surface area contributed by atoms with Crippen molar-refractivity contribution in [1.82, 2.24) is 19.5 Å². The molecule has 14 heteroatoms. The maximum absolute atomic E-state index is 13.9. The topological polar surface area (TPSA) is 144 Å². The van der Waals surface area contributed by atoms with Crippen molar-refractivity contribution < 1.29 is 37.4 Å². The monoisotopic (exact) mass is 601 g/mol. The summed E-state index contributed by atoms with van der Waals surface area (Å²) in [6.45, 7) is 14.4. The third-order valence-corrected chi connectivity index (χ3v) is 11.9. The molecular formula is C28H36FN5O7Si. The van der Waals surface area contributed by atoms with E-state index in [9.17, 15) is 18.8 Å². The minimum atomic E-state index is -2.26. The van der Waals surface area contributed by atoms with E-state index in [0.29, 0.717) is 5.56 Å². The van der Waals surface area contributed by atoms with E-state index in [-0.39, 0.29) is 40.4 Å². The summed E-state index contributed by atoms with van der Waals surface area (Å²) in [5.74, 6) is -1.63. The number of hydrogen-bond acceptors (Lipinski definition) is 10. The van der Waals surface area contributed by atoms with Gasteiger partial charge in [-0.15, -0.1) is 0 Å². The number of benzene rings is 1. The highest BCUT2D eigenvalue weighted by Gasteiger charge is 2.52. The number of hydrogen-bond donors (Lipinski definition) is 1. The maximum Gasteiger partial charge on any atom is 0.303 e. The first kappa shape index (κ1) is 31.2. The standard InChI is InChI=1S/C28H36FN5O7Si/c1-15(35)32-24-21-26(31-14-30-24)34(25(33-21)18-9-11-19(29)12-10-18)27-23(40-17(3)37)22(39-16(2)36)20(41-27)13-38-42(7,8)28(4,5)6/h9-12,14,20,22-23,27H,13H2,1-8H3,(H,30,31,32,35)/t20-,22-,23-,27-/m1/s1. The number of nitrogens with one attached hydrogen (secondary N) is 1. The third kappa shape index (κ3) is 6.50. The molecule has 3 aromatic rings. The van der Waals surface area contributed by atoms with E-state index in [1.54, 1.807) is 4.57 Å². The van der Waals surface area contributed by atoms with Crippen molar-refractivity contribution in [3.05, 3.63) is 36.4 Å². The van der Waals surface area contributed by atoms with E-state index >= 15 is 0 Å². The van der Waals surface area contributed by atoms with Gasteiger partial charge in [-0.1, -0.05) is 20.8 Å². The average Bonchev–Trinajstić information content (AvgIpc) is 3.40. The molecule has 2 aromatic heterocycles. The lowest BCUT2D eigenvalue weighted by Gasteiger charge is -2.37. The highest BCUT2D eigenvalue weighted by molar-refractivity contribution is 6.74. The zero-order chi connectivity index (χ0) is 31.0. The van der Waals surface area contributed by atoms with Crippen molar-refractivity contribution in [1.29, 1.82) is 0 Å². The Kier molecular flexibility index (Phi) is 8.80. The van der Waals surface area contributed by atoms with Crippen molar-refractivity contribution in [3.8, 4) is 11.4 Å². The molecule has 1 saturated heterocycles. The van der Waals surface area contributed by atoms with Crippen molar-refractivity contribution in [2.45, 2.75) is 84.2 Å². The Morgan fingerprint density at radius 1 is 1.02 bits per heavy atom. The fourth-order valence-electron chi connectivity index (χ4n) is 4.42. The number of anilines is 1. The van der Waals surface area contributed by atoms with Gasteiger partial charge in [0, 0.05) is 26.3 Å². The molecule has 0 unspecified atom stereocenters. The first-order valence-corrected chi connectivity index (χ1v) is 16.4. The van der Waals surface area contributed by atoms with Crippen molar-refractivity contribution in [2.75, 3.05) is 11.9 Å². The van der Waals surface area contributed by atoms with E-state index < -0.39 is 50.6 Å². The molecule has 12 nitrogen and oxygen atoms in total. The Morgan fingerprint density at radius 3 is 2.21 bits per heavy atom. The lowest BCUT2D eigenvalue weighted by Crippen LogP contribution is -2.46. The predicted octanol–water partition coefficient (Wildman–Crippen LogP) is 4.37. The van der Waals surface area contributed by atoms with Gasteiger partial charge in [0.15, 0.2) is 43.7 Å². The predicted molar refractivity (Wildman–Crippen MR) is 153 cm³/mol. The first-order chi connectivity index (χ1) is 19.6. The van der Waals surface area contributed by atoms with Crippen LogP contribution in [-0.2, 0) is 33.0 Å². The number of carbonyl (C=O) groups is 3. The van der Waals surface area contributed by atoms with Gasteiger partial charge in [0.25, 0.3) is 0 Å². The number of halogens is 1. The Labute approximate surface area is 244 Å². The molecule has 3 heterocycles. The minimum absolute atomic E-state index is 0.0628. The zero-order valence-electron chi connectivity index (χ0n) is 24.9. The van der Waals surface area contributed by atoms with Crippen LogP contribution >= 0.6 is 0 Å². The van der Waals surface area contributed by atoms with Crippen molar-refractivity contribution >= 4 is 43.1 Å². The van der Waals surface area contributed by atoms with Crippen LogP contribution < -0.4 is 5.32 Å². The van der Waals surface area contributed by atoms with Crippen LogP contribution in [0.4, 0.5) is 10.2 Å². The maximum atomic E-state index is 13.9. The second-order valence-corrected chi connectivity index (χ2v) is 16.5. The molecule has 0 aliphatic carbocycles. The lowest BCUT2D eigenvalue weighted by atomic mass is 10.1. The number of nitrogens with zero attached hydrogens (tertiary/aromatic N) is 4.